The molecule has 1 amide bonds. The van der Waals surface area contributed by atoms with E-state index in [1.807, 2.05) is 54.6 Å². The molecule has 0 aliphatic carbocycles. The Morgan fingerprint density at radius 3 is 2.31 bits per heavy atom. The molecule has 0 fully saturated rings. The van der Waals surface area contributed by atoms with Crippen LogP contribution in [-0.2, 0) is 16.4 Å². The summed E-state index contributed by atoms with van der Waals surface area (Å²) in [4.78, 5) is 13.2. The molecule has 0 aliphatic rings. The lowest BCUT2D eigenvalue weighted by atomic mass is 10.0. The van der Waals surface area contributed by atoms with Gasteiger partial charge in [-0.2, -0.15) is 0 Å². The van der Waals surface area contributed by atoms with Gasteiger partial charge in [0, 0.05) is 11.4 Å². The molecule has 0 aromatic heterocycles. The standard InChI is InChI=1S/C27H32N2O4S2.ClH/c1-3-17-34-26-18-23(13-14-24(26)27(31)29-35(2,32)33)21-11-9-20(10-12-21)15-16-28-19-25(30)22-7-5-4-6-8-22;/h4-14,18,25,28,30H,3,15-17,19H2,1-2H3,(H,29,31);1H/t25-;/m1./s1. The van der Waals surface area contributed by atoms with Gasteiger partial charge in [-0.05, 0) is 59.5 Å². The predicted octanol–water partition coefficient (Wildman–Crippen LogP) is 4.83. The molecule has 194 valence electrons. The van der Waals surface area contributed by atoms with Crippen LogP contribution in [-0.4, -0.2) is 44.5 Å². The van der Waals surface area contributed by atoms with Gasteiger partial charge in [-0.25, -0.2) is 13.1 Å². The Hall–Kier alpha value is -2.36. The molecular weight excluding hydrogens is 516 g/mol. The summed E-state index contributed by atoms with van der Waals surface area (Å²) in [6.07, 6.45) is 2.22. The number of rotatable bonds is 12. The second-order valence-corrected chi connectivity index (χ2v) is 11.2. The van der Waals surface area contributed by atoms with Crippen molar-refractivity contribution in [3.63, 3.8) is 0 Å². The minimum atomic E-state index is -3.63. The highest BCUT2D eigenvalue weighted by Crippen LogP contribution is 2.30. The average Bonchev–Trinajstić information content (AvgIpc) is 2.85. The highest BCUT2D eigenvalue weighted by atomic mass is 35.5. The summed E-state index contributed by atoms with van der Waals surface area (Å²) in [5, 5.41) is 13.6. The van der Waals surface area contributed by atoms with Crippen LogP contribution in [0, 0.1) is 0 Å². The van der Waals surface area contributed by atoms with Gasteiger partial charge in [-0.15, -0.1) is 24.2 Å². The monoisotopic (exact) mass is 548 g/mol. The summed E-state index contributed by atoms with van der Waals surface area (Å²) in [5.74, 6) is 0.214. The number of aliphatic hydroxyl groups excluding tert-OH is 1. The van der Waals surface area contributed by atoms with E-state index in [-0.39, 0.29) is 12.4 Å². The SMILES string of the molecule is CCCSc1cc(-c2ccc(CCNC[C@@H](O)c3ccccc3)cc2)ccc1C(=O)NS(C)(=O)=O.Cl. The Labute approximate surface area is 224 Å². The molecule has 36 heavy (non-hydrogen) atoms. The Bertz CT molecular complexity index is 1220. The normalized spacial score (nSPS) is 12.0. The van der Waals surface area contributed by atoms with Gasteiger partial charge in [-0.3, -0.25) is 4.79 Å². The first-order valence-corrected chi connectivity index (χ1v) is 14.5. The molecule has 3 aromatic carbocycles. The Morgan fingerprint density at radius 1 is 1.00 bits per heavy atom. The van der Waals surface area contributed by atoms with Gasteiger partial charge in [0.25, 0.3) is 5.91 Å². The fourth-order valence-corrected chi connectivity index (χ4v) is 4.97. The highest BCUT2D eigenvalue weighted by Gasteiger charge is 2.16. The molecule has 6 nitrogen and oxygen atoms in total. The fourth-order valence-electron chi connectivity index (χ4n) is 3.57. The van der Waals surface area contributed by atoms with Crippen molar-refractivity contribution < 1.29 is 18.3 Å². The molecule has 3 aromatic rings. The van der Waals surface area contributed by atoms with Gasteiger partial charge < -0.3 is 10.4 Å². The van der Waals surface area contributed by atoms with Gasteiger partial charge in [0.05, 0.1) is 17.9 Å². The summed E-state index contributed by atoms with van der Waals surface area (Å²) in [7, 11) is -3.63. The zero-order valence-electron chi connectivity index (χ0n) is 20.4. The lowest BCUT2D eigenvalue weighted by Gasteiger charge is -2.13. The first kappa shape index (κ1) is 29.9. The molecule has 0 aliphatic heterocycles. The third kappa shape index (κ3) is 9.26. The average molecular weight is 549 g/mol. The lowest BCUT2D eigenvalue weighted by Crippen LogP contribution is -2.29. The first-order chi connectivity index (χ1) is 16.8. The van der Waals surface area contributed by atoms with Crippen LogP contribution in [0.2, 0.25) is 0 Å². The Balaban J connectivity index is 0.00000456. The Kier molecular flexibility index (Phi) is 11.9. The van der Waals surface area contributed by atoms with Gasteiger partial charge >= 0.3 is 0 Å². The summed E-state index contributed by atoms with van der Waals surface area (Å²) in [6.45, 7) is 3.31. The van der Waals surface area contributed by atoms with Crippen LogP contribution < -0.4 is 10.0 Å². The van der Waals surface area contributed by atoms with Gasteiger partial charge in [0.2, 0.25) is 10.0 Å². The minimum absolute atomic E-state index is 0. The number of benzene rings is 3. The maximum Gasteiger partial charge on any atom is 0.265 e. The van der Waals surface area contributed by atoms with Gasteiger partial charge in [-0.1, -0.05) is 67.6 Å². The Morgan fingerprint density at radius 2 is 1.67 bits per heavy atom. The van der Waals surface area contributed by atoms with Crippen molar-refractivity contribution in [2.75, 3.05) is 25.1 Å². The second kappa shape index (κ2) is 14.4. The number of hydrogen-bond donors (Lipinski definition) is 3. The van der Waals surface area contributed by atoms with Crippen LogP contribution in [0.4, 0.5) is 0 Å². The van der Waals surface area contributed by atoms with Crippen LogP contribution in [0.25, 0.3) is 11.1 Å². The molecule has 9 heteroatoms. The number of amides is 1. The summed E-state index contributed by atoms with van der Waals surface area (Å²) < 4.78 is 25.1. The van der Waals surface area contributed by atoms with Gasteiger partial charge in [0.15, 0.2) is 0 Å². The zero-order chi connectivity index (χ0) is 25.3. The van der Waals surface area contributed by atoms with Crippen LogP contribution >= 0.6 is 24.2 Å². The van der Waals surface area contributed by atoms with Crippen molar-refractivity contribution in [1.29, 1.82) is 0 Å². The van der Waals surface area contributed by atoms with E-state index in [2.05, 4.69) is 29.1 Å². The van der Waals surface area contributed by atoms with Crippen LogP contribution in [0.3, 0.4) is 0 Å². The number of aliphatic hydroxyl groups is 1. The smallest absolute Gasteiger partial charge is 0.265 e. The molecule has 0 saturated heterocycles. The van der Waals surface area contributed by atoms with E-state index in [9.17, 15) is 18.3 Å². The van der Waals surface area contributed by atoms with Crippen molar-refractivity contribution in [2.45, 2.75) is 30.8 Å². The van der Waals surface area contributed by atoms with E-state index in [1.165, 1.54) is 5.56 Å². The van der Waals surface area contributed by atoms with E-state index in [4.69, 9.17) is 0 Å². The van der Waals surface area contributed by atoms with Crippen molar-refractivity contribution in [3.05, 3.63) is 89.5 Å². The number of nitrogens with one attached hydrogen (secondary N) is 2. The molecular formula is C27H33ClN2O4S2. The van der Waals surface area contributed by atoms with E-state index in [0.29, 0.717) is 12.1 Å². The molecule has 0 radical (unpaired) electrons. The number of thioether (sulfide) groups is 1. The fraction of sp³-hybridized carbons (Fsp3) is 0.296. The van der Waals surface area contributed by atoms with Crippen LogP contribution in [0.5, 0.6) is 0 Å². The summed E-state index contributed by atoms with van der Waals surface area (Å²) in [5.41, 5.74) is 4.43. The van der Waals surface area contributed by atoms with Crippen LogP contribution in [0.1, 0.15) is 40.9 Å². The molecule has 0 spiro atoms. The molecule has 1 atom stereocenters. The third-order valence-corrected chi connectivity index (χ3v) is 7.18. The predicted molar refractivity (Wildman–Crippen MR) is 150 cm³/mol. The van der Waals surface area contributed by atoms with Crippen molar-refractivity contribution in [1.82, 2.24) is 10.0 Å². The van der Waals surface area contributed by atoms with Crippen LogP contribution in [0.15, 0.2) is 77.7 Å². The van der Waals surface area contributed by atoms with E-state index in [0.717, 1.165) is 53.0 Å². The third-order valence-electron chi connectivity index (χ3n) is 5.37. The van der Waals surface area contributed by atoms with Crippen molar-refractivity contribution in [3.8, 4) is 11.1 Å². The number of sulfonamides is 1. The molecule has 0 saturated carbocycles. The van der Waals surface area contributed by atoms with E-state index >= 15 is 0 Å². The molecule has 0 heterocycles. The molecule has 0 unspecified atom stereocenters. The maximum absolute atomic E-state index is 12.5. The lowest BCUT2D eigenvalue weighted by molar-refractivity contribution is 0.0979. The second-order valence-electron chi connectivity index (χ2n) is 8.34. The quantitative estimate of drug-likeness (QED) is 0.221. The maximum atomic E-state index is 12.5. The highest BCUT2D eigenvalue weighted by molar-refractivity contribution is 7.99. The number of carbonyl (C=O) groups is 1. The first-order valence-electron chi connectivity index (χ1n) is 11.6. The molecule has 3 N–H and O–H groups in total. The summed E-state index contributed by atoms with van der Waals surface area (Å²) in [6, 6.07) is 23.3. The summed E-state index contributed by atoms with van der Waals surface area (Å²) >= 11 is 1.54. The minimum Gasteiger partial charge on any atom is -0.387 e. The van der Waals surface area contributed by atoms with E-state index < -0.39 is 22.0 Å². The molecule has 3 rings (SSSR count). The molecule has 0 bridgehead atoms. The van der Waals surface area contributed by atoms with E-state index in [1.54, 1.807) is 17.8 Å². The van der Waals surface area contributed by atoms with Crippen molar-refractivity contribution in [2.24, 2.45) is 0 Å². The number of carbonyl (C=O) groups excluding carboxylic acids is 1. The zero-order valence-corrected chi connectivity index (χ0v) is 22.9. The van der Waals surface area contributed by atoms with Crippen molar-refractivity contribution >= 4 is 40.1 Å². The largest absolute Gasteiger partial charge is 0.387 e. The topological polar surface area (TPSA) is 95.5 Å². The number of hydrogen-bond acceptors (Lipinski definition) is 6. The van der Waals surface area contributed by atoms with Gasteiger partial charge in [0.1, 0.15) is 0 Å². The number of halogens is 1.